The van der Waals surface area contributed by atoms with Gasteiger partial charge in [-0.1, -0.05) is 0 Å². The van der Waals surface area contributed by atoms with Crippen molar-refractivity contribution in [3.05, 3.63) is 0 Å². The van der Waals surface area contributed by atoms with Crippen molar-refractivity contribution >= 4 is 5.91 Å². The van der Waals surface area contributed by atoms with E-state index in [1.807, 2.05) is 12.0 Å². The van der Waals surface area contributed by atoms with Gasteiger partial charge in [0.25, 0.3) is 0 Å². The lowest BCUT2D eigenvalue weighted by Crippen LogP contribution is -2.63. The maximum absolute atomic E-state index is 13.2. The fraction of sp³-hybridized carbons (Fsp3) is 0.962. The second-order valence-corrected chi connectivity index (χ2v) is 11.0. The minimum absolute atomic E-state index is 0.0274. The first-order chi connectivity index (χ1) is 17.2. The minimum atomic E-state index is 0.0274. The number of methoxy groups -OCH3 is 1. The van der Waals surface area contributed by atoms with Crippen molar-refractivity contribution in [1.82, 2.24) is 25.8 Å². The highest BCUT2D eigenvalue weighted by Gasteiger charge is 2.33. The Bertz CT molecular complexity index is 611. The molecule has 202 valence electrons. The van der Waals surface area contributed by atoms with E-state index in [1.54, 1.807) is 0 Å². The highest BCUT2D eigenvalue weighted by Crippen LogP contribution is 2.32. The van der Waals surface area contributed by atoms with E-state index in [0.717, 1.165) is 77.5 Å². The molecule has 4 N–H and O–H groups in total. The van der Waals surface area contributed by atoms with Gasteiger partial charge in [0.15, 0.2) is 0 Å². The number of hydrogen-bond donors (Lipinski definition) is 4. The lowest BCUT2D eigenvalue weighted by atomic mass is 9.78. The average molecular weight is 496 g/mol. The fourth-order valence-electron chi connectivity index (χ4n) is 6.47. The van der Waals surface area contributed by atoms with Crippen molar-refractivity contribution in [1.29, 1.82) is 0 Å². The predicted octanol–water partition coefficient (Wildman–Crippen LogP) is 0.586. The van der Waals surface area contributed by atoms with Crippen LogP contribution in [0.3, 0.4) is 0 Å². The van der Waals surface area contributed by atoms with E-state index in [1.165, 1.54) is 25.7 Å². The first-order valence-corrected chi connectivity index (χ1v) is 14.1. The van der Waals surface area contributed by atoms with Gasteiger partial charge in [-0.15, -0.1) is 0 Å². The van der Waals surface area contributed by atoms with Crippen LogP contribution in [0.25, 0.3) is 0 Å². The molecule has 1 amide bonds. The van der Waals surface area contributed by atoms with Crippen LogP contribution in [-0.2, 0) is 14.3 Å². The van der Waals surface area contributed by atoms with Crippen molar-refractivity contribution in [2.75, 3.05) is 72.7 Å². The van der Waals surface area contributed by atoms with E-state index in [0.29, 0.717) is 31.2 Å². The number of nitrogens with one attached hydrogen (secondary N) is 3. The molecule has 2 aliphatic carbocycles. The number of amides is 1. The fourth-order valence-corrected chi connectivity index (χ4v) is 6.47. The van der Waals surface area contributed by atoms with Gasteiger partial charge in [0.2, 0.25) is 5.91 Å². The monoisotopic (exact) mass is 495 g/mol. The summed E-state index contributed by atoms with van der Waals surface area (Å²) in [6, 6.07) is 0.442. The highest BCUT2D eigenvalue weighted by molar-refractivity contribution is 5.79. The number of carbonyl (C=O) groups excluding carboxylic acids is 1. The summed E-state index contributed by atoms with van der Waals surface area (Å²) in [5, 5.41) is 20.6. The van der Waals surface area contributed by atoms with Crippen molar-refractivity contribution in [2.45, 2.75) is 69.8 Å². The van der Waals surface area contributed by atoms with Gasteiger partial charge in [-0.2, -0.15) is 0 Å². The van der Waals surface area contributed by atoms with E-state index >= 15 is 0 Å². The van der Waals surface area contributed by atoms with Crippen LogP contribution in [0.2, 0.25) is 0 Å². The second kappa shape index (κ2) is 14.2. The van der Waals surface area contributed by atoms with Gasteiger partial charge in [0, 0.05) is 64.9 Å². The number of ether oxygens (including phenoxy) is 2. The predicted molar refractivity (Wildman–Crippen MR) is 136 cm³/mol. The number of morpholine rings is 1. The van der Waals surface area contributed by atoms with Crippen LogP contribution in [0.1, 0.15) is 51.4 Å². The van der Waals surface area contributed by atoms with Crippen LogP contribution in [0.5, 0.6) is 0 Å². The molecule has 2 saturated heterocycles. The SMILES string of the molecule is COC1CCC(C2CNC(NC3CCC(C(=O)N(CCO)CCN4CCOCC4)CC3)NC2)CC1. The molecule has 4 rings (SSSR count). The summed E-state index contributed by atoms with van der Waals surface area (Å²) in [5.41, 5.74) is 0. The van der Waals surface area contributed by atoms with Crippen molar-refractivity contribution < 1.29 is 19.4 Å². The zero-order chi connectivity index (χ0) is 24.5. The number of carbonyl (C=O) groups is 1. The summed E-state index contributed by atoms with van der Waals surface area (Å²) in [6.07, 6.45) is 9.49. The molecule has 35 heavy (non-hydrogen) atoms. The van der Waals surface area contributed by atoms with Gasteiger partial charge in [-0.05, 0) is 63.2 Å². The van der Waals surface area contributed by atoms with E-state index in [4.69, 9.17) is 9.47 Å². The summed E-state index contributed by atoms with van der Waals surface area (Å²) in [4.78, 5) is 17.4. The standard InChI is InChI=1S/C26H49N5O4/c1-34-24-8-4-20(5-9-24)22-18-27-26(28-19-22)29-23-6-2-21(3-7-23)25(33)31(12-15-32)11-10-30-13-16-35-17-14-30/h20-24,26-29,32H,2-19H2,1H3. The molecule has 4 fully saturated rings. The molecular weight excluding hydrogens is 446 g/mol. The third kappa shape index (κ3) is 8.09. The van der Waals surface area contributed by atoms with Crippen LogP contribution in [0.4, 0.5) is 0 Å². The summed E-state index contributed by atoms with van der Waals surface area (Å²) in [7, 11) is 1.84. The number of hydrogen-bond acceptors (Lipinski definition) is 8. The molecule has 0 spiro atoms. The Balaban J connectivity index is 1.13. The van der Waals surface area contributed by atoms with Gasteiger partial charge in [-0.3, -0.25) is 25.6 Å². The summed E-state index contributed by atoms with van der Waals surface area (Å²) in [5.74, 6) is 1.82. The van der Waals surface area contributed by atoms with Gasteiger partial charge in [0.1, 0.15) is 6.29 Å². The van der Waals surface area contributed by atoms with Crippen LogP contribution in [0.15, 0.2) is 0 Å². The van der Waals surface area contributed by atoms with Crippen molar-refractivity contribution in [2.24, 2.45) is 17.8 Å². The number of nitrogens with zero attached hydrogens (tertiary/aromatic N) is 2. The molecule has 0 aromatic carbocycles. The Kier molecular flexibility index (Phi) is 11.1. The Morgan fingerprint density at radius 2 is 1.69 bits per heavy atom. The van der Waals surface area contributed by atoms with Crippen LogP contribution in [-0.4, -0.2) is 112 Å². The molecule has 9 nitrogen and oxygen atoms in total. The van der Waals surface area contributed by atoms with Gasteiger partial charge < -0.3 is 19.5 Å². The van der Waals surface area contributed by atoms with Gasteiger partial charge in [-0.25, -0.2) is 0 Å². The zero-order valence-corrected chi connectivity index (χ0v) is 21.8. The Morgan fingerprint density at radius 3 is 2.31 bits per heavy atom. The maximum atomic E-state index is 13.2. The average Bonchev–Trinajstić information content (AvgIpc) is 2.92. The Hall–Kier alpha value is -0.810. The molecule has 2 heterocycles. The molecule has 2 saturated carbocycles. The summed E-state index contributed by atoms with van der Waals surface area (Å²) in [6.45, 7) is 7.55. The Labute approximate surface area is 211 Å². The number of rotatable bonds is 10. The molecule has 9 heteroatoms. The third-order valence-electron chi connectivity index (χ3n) is 8.84. The van der Waals surface area contributed by atoms with Crippen LogP contribution >= 0.6 is 0 Å². The van der Waals surface area contributed by atoms with Crippen molar-refractivity contribution in [3.63, 3.8) is 0 Å². The first kappa shape index (κ1) is 27.2. The molecule has 0 aromatic rings. The van der Waals surface area contributed by atoms with E-state index < -0.39 is 0 Å². The zero-order valence-electron chi connectivity index (χ0n) is 21.8. The summed E-state index contributed by atoms with van der Waals surface area (Å²) >= 11 is 0. The topological polar surface area (TPSA) is 98.3 Å². The number of aliphatic hydroxyl groups is 1. The first-order valence-electron chi connectivity index (χ1n) is 14.1. The molecule has 4 aliphatic rings. The number of aliphatic hydroxyl groups excluding tert-OH is 1. The molecular formula is C26H49N5O4. The maximum Gasteiger partial charge on any atom is 0.225 e. The normalized spacial score (nSPS) is 35.0. The Morgan fingerprint density at radius 1 is 1.00 bits per heavy atom. The molecule has 0 unspecified atom stereocenters. The van der Waals surface area contributed by atoms with E-state index in [2.05, 4.69) is 20.9 Å². The third-order valence-corrected chi connectivity index (χ3v) is 8.84. The van der Waals surface area contributed by atoms with Crippen LogP contribution in [0, 0.1) is 17.8 Å². The smallest absolute Gasteiger partial charge is 0.225 e. The lowest BCUT2D eigenvalue weighted by molar-refractivity contribution is -0.137. The highest BCUT2D eigenvalue weighted by atomic mass is 16.5. The largest absolute Gasteiger partial charge is 0.395 e. The van der Waals surface area contributed by atoms with Crippen molar-refractivity contribution in [3.8, 4) is 0 Å². The molecule has 0 bridgehead atoms. The van der Waals surface area contributed by atoms with E-state index in [-0.39, 0.29) is 24.7 Å². The molecule has 0 aromatic heterocycles. The van der Waals surface area contributed by atoms with E-state index in [9.17, 15) is 9.90 Å². The molecule has 0 atom stereocenters. The molecule has 2 aliphatic heterocycles. The quantitative estimate of drug-likeness (QED) is 0.350. The second-order valence-electron chi connectivity index (χ2n) is 11.0. The summed E-state index contributed by atoms with van der Waals surface area (Å²) < 4.78 is 11.0. The van der Waals surface area contributed by atoms with Crippen LogP contribution < -0.4 is 16.0 Å². The van der Waals surface area contributed by atoms with Gasteiger partial charge in [0.05, 0.1) is 25.9 Å². The minimum Gasteiger partial charge on any atom is -0.395 e. The van der Waals surface area contributed by atoms with Gasteiger partial charge >= 0.3 is 0 Å². The molecule has 0 radical (unpaired) electrons. The lowest BCUT2D eigenvalue weighted by Gasteiger charge is -2.40.